The summed E-state index contributed by atoms with van der Waals surface area (Å²) in [4.78, 5) is 8.41. The van der Waals surface area contributed by atoms with Gasteiger partial charge in [0.05, 0.1) is 6.67 Å². The third-order valence-electron chi connectivity index (χ3n) is 4.42. The summed E-state index contributed by atoms with van der Waals surface area (Å²) in [7, 11) is 0. The molecule has 0 amide bonds. The van der Waals surface area contributed by atoms with Crippen molar-refractivity contribution in [3.8, 4) is 0 Å². The summed E-state index contributed by atoms with van der Waals surface area (Å²) in [5.41, 5.74) is 2.06. The largest absolute Gasteiger partial charge is 0.276 e. The molecule has 0 aromatic carbocycles. The van der Waals surface area contributed by atoms with Gasteiger partial charge in [-0.15, -0.1) is 16.4 Å². The van der Waals surface area contributed by atoms with Crippen LogP contribution in [0, 0.1) is 18.6 Å². The van der Waals surface area contributed by atoms with Gasteiger partial charge in [0.1, 0.15) is 0 Å². The van der Waals surface area contributed by atoms with Gasteiger partial charge in [-0.1, -0.05) is 6.07 Å². The third-order valence-corrected chi connectivity index (χ3v) is 5.79. The summed E-state index contributed by atoms with van der Waals surface area (Å²) in [6.45, 7) is 5.85. The maximum atomic E-state index is 5.63. The minimum absolute atomic E-state index is 0.484. The van der Waals surface area contributed by atoms with Crippen molar-refractivity contribution in [2.24, 2.45) is 0 Å². The first-order valence-corrected chi connectivity index (χ1v) is 9.13. The second-order valence-corrected chi connectivity index (χ2v) is 7.43. The second-order valence-electron chi connectivity index (χ2n) is 6.08. The summed E-state index contributed by atoms with van der Waals surface area (Å²) < 4.78 is 4.59. The highest BCUT2D eigenvalue weighted by molar-refractivity contribution is 7.71. The van der Waals surface area contributed by atoms with Crippen molar-refractivity contribution < 1.29 is 0 Å². The molecule has 23 heavy (non-hydrogen) atoms. The van der Waals surface area contributed by atoms with E-state index in [-0.39, 0.29) is 0 Å². The molecule has 0 unspecified atom stereocenters. The Bertz CT molecular complexity index is 893. The van der Waals surface area contributed by atoms with Crippen LogP contribution >= 0.6 is 23.6 Å². The first-order valence-electron chi connectivity index (χ1n) is 7.85. The molecule has 0 bridgehead atoms. The molecule has 3 aromatic rings. The zero-order chi connectivity index (χ0) is 16.0. The lowest BCUT2D eigenvalue weighted by molar-refractivity contribution is 0.192. The lowest BCUT2D eigenvalue weighted by Crippen LogP contribution is -2.26. The van der Waals surface area contributed by atoms with Crippen LogP contribution in [0.1, 0.15) is 35.1 Å². The highest BCUT2D eigenvalue weighted by Crippen LogP contribution is 2.34. The molecule has 1 atom stereocenters. The Hall–Kier alpha value is -1.57. The lowest BCUT2D eigenvalue weighted by atomic mass is 10.2. The molecule has 3 aromatic heterocycles. The van der Waals surface area contributed by atoms with Crippen molar-refractivity contribution in [2.75, 3.05) is 6.54 Å². The van der Waals surface area contributed by atoms with Crippen molar-refractivity contribution in [3.63, 3.8) is 0 Å². The molecule has 7 heteroatoms. The van der Waals surface area contributed by atoms with E-state index in [0.717, 1.165) is 29.4 Å². The van der Waals surface area contributed by atoms with Crippen LogP contribution in [-0.2, 0) is 6.67 Å². The van der Waals surface area contributed by atoms with Crippen LogP contribution in [0.3, 0.4) is 0 Å². The number of rotatable bonds is 3. The quantitative estimate of drug-likeness (QED) is 0.678. The molecule has 5 nitrogen and oxygen atoms in total. The Kier molecular flexibility index (Phi) is 3.79. The number of thiophene rings is 1. The van der Waals surface area contributed by atoms with E-state index in [4.69, 9.17) is 12.2 Å². The van der Waals surface area contributed by atoms with Gasteiger partial charge in [0, 0.05) is 28.9 Å². The van der Waals surface area contributed by atoms with Crippen LogP contribution in [0.25, 0.3) is 5.78 Å². The number of aryl methyl sites for hydroxylation is 2. The van der Waals surface area contributed by atoms with Gasteiger partial charge in [0.25, 0.3) is 5.78 Å². The van der Waals surface area contributed by atoms with Crippen molar-refractivity contribution in [3.05, 3.63) is 44.6 Å². The Morgan fingerprint density at radius 2 is 2.26 bits per heavy atom. The fourth-order valence-corrected chi connectivity index (χ4v) is 4.62. The molecule has 4 rings (SSSR count). The summed E-state index contributed by atoms with van der Waals surface area (Å²) in [6.07, 6.45) is 2.43. The SMILES string of the molecule is Cc1cc(C)n2c(=S)n(CN3CCC[C@@H]3c3cccs3)nc2n1. The van der Waals surface area contributed by atoms with Crippen molar-refractivity contribution >= 4 is 29.3 Å². The van der Waals surface area contributed by atoms with Gasteiger partial charge in [0.15, 0.2) is 0 Å². The summed E-state index contributed by atoms with van der Waals surface area (Å²) >= 11 is 7.46. The zero-order valence-corrected chi connectivity index (χ0v) is 14.9. The van der Waals surface area contributed by atoms with E-state index < -0.39 is 0 Å². The third kappa shape index (κ3) is 2.62. The minimum Gasteiger partial charge on any atom is -0.276 e. The molecule has 0 spiro atoms. The number of hydrogen-bond acceptors (Lipinski definition) is 5. The molecule has 120 valence electrons. The fourth-order valence-electron chi connectivity index (χ4n) is 3.40. The van der Waals surface area contributed by atoms with E-state index in [9.17, 15) is 0 Å². The minimum atomic E-state index is 0.484. The maximum Gasteiger partial charge on any atom is 0.254 e. The zero-order valence-electron chi connectivity index (χ0n) is 13.3. The van der Waals surface area contributed by atoms with Crippen LogP contribution in [0.2, 0.25) is 0 Å². The van der Waals surface area contributed by atoms with E-state index in [2.05, 4.69) is 32.5 Å². The van der Waals surface area contributed by atoms with E-state index in [1.54, 1.807) is 0 Å². The summed E-state index contributed by atoms with van der Waals surface area (Å²) in [5, 5.41) is 6.79. The molecule has 0 radical (unpaired) electrons. The molecule has 1 saturated heterocycles. The monoisotopic (exact) mass is 345 g/mol. The molecular formula is C16H19N5S2. The molecular weight excluding hydrogens is 326 g/mol. The topological polar surface area (TPSA) is 38.4 Å². The van der Waals surface area contributed by atoms with Gasteiger partial charge in [-0.05, 0) is 56.4 Å². The Labute approximate surface area is 144 Å². The van der Waals surface area contributed by atoms with Gasteiger partial charge in [-0.25, -0.2) is 9.67 Å². The first kappa shape index (κ1) is 15.0. The first-order chi connectivity index (χ1) is 11.1. The van der Waals surface area contributed by atoms with E-state index in [0.29, 0.717) is 11.8 Å². The van der Waals surface area contributed by atoms with Crippen molar-refractivity contribution in [2.45, 2.75) is 39.4 Å². The van der Waals surface area contributed by atoms with Gasteiger partial charge in [0.2, 0.25) is 4.77 Å². The van der Waals surface area contributed by atoms with E-state index in [1.807, 2.05) is 40.3 Å². The van der Waals surface area contributed by atoms with Crippen LogP contribution in [-0.4, -0.2) is 30.6 Å². The van der Waals surface area contributed by atoms with Crippen LogP contribution in [0.4, 0.5) is 0 Å². The van der Waals surface area contributed by atoms with Crippen molar-refractivity contribution in [1.29, 1.82) is 0 Å². The van der Waals surface area contributed by atoms with Crippen molar-refractivity contribution in [1.82, 2.24) is 24.1 Å². The molecule has 4 heterocycles. The lowest BCUT2D eigenvalue weighted by Gasteiger charge is -2.23. The molecule has 1 fully saturated rings. The molecule has 1 aliphatic rings. The molecule has 0 saturated carbocycles. The number of aromatic nitrogens is 4. The predicted molar refractivity (Wildman–Crippen MR) is 94.3 cm³/mol. The van der Waals surface area contributed by atoms with Gasteiger partial charge in [-0.2, -0.15) is 0 Å². The van der Waals surface area contributed by atoms with Crippen LogP contribution in [0.5, 0.6) is 0 Å². The Morgan fingerprint density at radius 1 is 1.39 bits per heavy atom. The second kappa shape index (κ2) is 5.81. The predicted octanol–water partition coefficient (Wildman–Crippen LogP) is 3.73. The molecule has 0 N–H and O–H groups in total. The van der Waals surface area contributed by atoms with Gasteiger partial charge < -0.3 is 0 Å². The number of hydrogen-bond donors (Lipinski definition) is 0. The Balaban J connectivity index is 1.69. The standard InChI is InChI=1S/C16H19N5S2/c1-11-9-12(2)21-15(17-11)18-20(16(21)22)10-19-7-3-5-13(19)14-6-4-8-23-14/h4,6,8-9,13H,3,5,7,10H2,1-2H3/t13-/m1/s1. The average Bonchev–Trinajstić information content (AvgIpc) is 3.20. The molecule has 0 aliphatic carbocycles. The highest BCUT2D eigenvalue weighted by atomic mass is 32.1. The Morgan fingerprint density at radius 3 is 3.04 bits per heavy atom. The maximum absolute atomic E-state index is 5.63. The number of likely N-dealkylation sites (tertiary alicyclic amines) is 1. The van der Waals surface area contributed by atoms with Crippen LogP contribution < -0.4 is 0 Å². The van der Waals surface area contributed by atoms with Gasteiger partial charge >= 0.3 is 0 Å². The normalized spacial score (nSPS) is 19.0. The van der Waals surface area contributed by atoms with Gasteiger partial charge in [-0.3, -0.25) is 9.30 Å². The fraction of sp³-hybridized carbons (Fsp3) is 0.438. The smallest absolute Gasteiger partial charge is 0.254 e. The average molecular weight is 345 g/mol. The van der Waals surface area contributed by atoms with Crippen LogP contribution in [0.15, 0.2) is 23.6 Å². The highest BCUT2D eigenvalue weighted by Gasteiger charge is 2.27. The molecule has 1 aliphatic heterocycles. The number of fused-ring (bicyclic) bond motifs is 1. The van der Waals surface area contributed by atoms with E-state index >= 15 is 0 Å². The van der Waals surface area contributed by atoms with E-state index in [1.165, 1.54) is 17.7 Å². The summed E-state index contributed by atoms with van der Waals surface area (Å²) in [6, 6.07) is 6.88. The summed E-state index contributed by atoms with van der Waals surface area (Å²) in [5.74, 6) is 0.694. The number of nitrogens with zero attached hydrogens (tertiary/aromatic N) is 5.